The van der Waals surface area contributed by atoms with Gasteiger partial charge in [-0.3, -0.25) is 4.79 Å². The summed E-state index contributed by atoms with van der Waals surface area (Å²) in [5.74, 6) is -1.62. The number of hydrogen-bond acceptors (Lipinski definition) is 4. The standard InChI is InChI=1S/C11H12Cl2N2O4/c12-7-3-6(11(17)18)4-8(13)10(7)15-9(16)5-19-2-1-14/h3-4H,1-2,5,14H2,(H,15,16)(H,17,18). The number of hydrogen-bond donors (Lipinski definition) is 3. The van der Waals surface area contributed by atoms with E-state index in [0.717, 1.165) is 0 Å². The van der Waals surface area contributed by atoms with Gasteiger partial charge in [0.1, 0.15) is 6.61 Å². The van der Waals surface area contributed by atoms with Crippen LogP contribution in [0, 0.1) is 0 Å². The van der Waals surface area contributed by atoms with E-state index in [1.54, 1.807) is 0 Å². The number of carboxylic acids is 1. The van der Waals surface area contributed by atoms with Crippen LogP contribution in [0.4, 0.5) is 5.69 Å². The number of anilines is 1. The van der Waals surface area contributed by atoms with Crippen LogP contribution < -0.4 is 11.1 Å². The lowest BCUT2D eigenvalue weighted by atomic mass is 10.2. The highest BCUT2D eigenvalue weighted by atomic mass is 35.5. The molecule has 1 amide bonds. The zero-order chi connectivity index (χ0) is 14.4. The second kappa shape index (κ2) is 7.30. The Kier molecular flexibility index (Phi) is 6.04. The number of rotatable bonds is 6. The Bertz CT molecular complexity index is 471. The molecule has 8 heteroatoms. The first-order chi connectivity index (χ1) is 8.95. The van der Waals surface area contributed by atoms with Crippen LogP contribution in [0.15, 0.2) is 12.1 Å². The molecule has 0 aliphatic carbocycles. The highest BCUT2D eigenvalue weighted by molar-refractivity contribution is 6.40. The maximum atomic E-state index is 11.5. The summed E-state index contributed by atoms with van der Waals surface area (Å²) in [6, 6.07) is 2.40. The molecule has 0 saturated carbocycles. The predicted molar refractivity (Wildman–Crippen MR) is 71.9 cm³/mol. The Morgan fingerprint density at radius 3 is 2.37 bits per heavy atom. The van der Waals surface area contributed by atoms with Crippen molar-refractivity contribution < 1.29 is 19.4 Å². The Labute approximate surface area is 119 Å². The number of carboxylic acid groups (broad SMARTS) is 1. The molecule has 0 fully saturated rings. The molecule has 1 aromatic carbocycles. The molecule has 0 spiro atoms. The predicted octanol–water partition coefficient (Wildman–Crippen LogP) is 1.61. The minimum Gasteiger partial charge on any atom is -0.478 e. The van der Waals surface area contributed by atoms with Crippen molar-refractivity contribution in [3.05, 3.63) is 27.7 Å². The quantitative estimate of drug-likeness (QED) is 0.693. The molecule has 0 heterocycles. The molecule has 104 valence electrons. The van der Waals surface area contributed by atoms with Gasteiger partial charge in [-0.05, 0) is 12.1 Å². The third-order valence-corrected chi connectivity index (χ3v) is 2.65. The molecule has 0 aliphatic heterocycles. The Morgan fingerprint density at radius 1 is 1.32 bits per heavy atom. The molecule has 0 saturated heterocycles. The molecule has 4 N–H and O–H groups in total. The molecule has 0 radical (unpaired) electrons. The lowest BCUT2D eigenvalue weighted by Crippen LogP contribution is -2.21. The SMILES string of the molecule is NCCOCC(=O)Nc1c(Cl)cc(C(=O)O)cc1Cl. The molecule has 0 aliphatic rings. The van der Waals surface area contributed by atoms with Crippen molar-refractivity contribution in [2.24, 2.45) is 5.73 Å². The summed E-state index contributed by atoms with van der Waals surface area (Å²) >= 11 is 11.7. The van der Waals surface area contributed by atoms with E-state index in [-0.39, 0.29) is 34.5 Å². The van der Waals surface area contributed by atoms with Crippen molar-refractivity contribution in [3.8, 4) is 0 Å². The number of halogens is 2. The third-order valence-electron chi connectivity index (χ3n) is 2.05. The van der Waals surface area contributed by atoms with Gasteiger partial charge in [0.05, 0.1) is 27.9 Å². The van der Waals surface area contributed by atoms with Crippen molar-refractivity contribution >= 4 is 40.8 Å². The van der Waals surface area contributed by atoms with Crippen LogP contribution in [0.2, 0.25) is 10.0 Å². The van der Waals surface area contributed by atoms with Crippen molar-refractivity contribution in [1.29, 1.82) is 0 Å². The molecule has 1 aromatic rings. The van der Waals surface area contributed by atoms with Crippen LogP contribution in [0.1, 0.15) is 10.4 Å². The molecule has 0 unspecified atom stereocenters. The fourth-order valence-corrected chi connectivity index (χ4v) is 1.82. The molecule has 0 bridgehead atoms. The van der Waals surface area contributed by atoms with Gasteiger partial charge in [0, 0.05) is 6.54 Å². The highest BCUT2D eigenvalue weighted by Gasteiger charge is 2.14. The van der Waals surface area contributed by atoms with Crippen LogP contribution in [0.25, 0.3) is 0 Å². The number of ether oxygens (including phenoxy) is 1. The molecule has 6 nitrogen and oxygen atoms in total. The zero-order valence-corrected chi connectivity index (χ0v) is 11.3. The summed E-state index contributed by atoms with van der Waals surface area (Å²) < 4.78 is 4.94. The van der Waals surface area contributed by atoms with Gasteiger partial charge >= 0.3 is 5.97 Å². The number of amides is 1. The lowest BCUT2D eigenvalue weighted by molar-refractivity contribution is -0.120. The molecule has 0 atom stereocenters. The van der Waals surface area contributed by atoms with E-state index in [1.165, 1.54) is 12.1 Å². The Morgan fingerprint density at radius 2 is 1.89 bits per heavy atom. The number of carbonyl (C=O) groups is 2. The van der Waals surface area contributed by atoms with Gasteiger partial charge in [0.2, 0.25) is 5.91 Å². The van der Waals surface area contributed by atoms with Crippen molar-refractivity contribution in [3.63, 3.8) is 0 Å². The van der Waals surface area contributed by atoms with Crippen LogP contribution in [-0.4, -0.2) is 36.7 Å². The van der Waals surface area contributed by atoms with Crippen molar-refractivity contribution in [2.75, 3.05) is 25.1 Å². The van der Waals surface area contributed by atoms with E-state index in [9.17, 15) is 9.59 Å². The molecule has 1 rings (SSSR count). The van der Waals surface area contributed by atoms with Crippen molar-refractivity contribution in [2.45, 2.75) is 0 Å². The first-order valence-corrected chi connectivity index (χ1v) is 6.01. The van der Waals surface area contributed by atoms with Gasteiger partial charge < -0.3 is 20.9 Å². The minimum absolute atomic E-state index is 0.0390. The summed E-state index contributed by atoms with van der Waals surface area (Å²) in [6.07, 6.45) is 0. The molecule has 19 heavy (non-hydrogen) atoms. The number of aromatic carboxylic acids is 1. The van der Waals surface area contributed by atoms with E-state index in [1.807, 2.05) is 0 Å². The van der Waals surface area contributed by atoms with Gasteiger partial charge in [-0.2, -0.15) is 0 Å². The Balaban J connectivity index is 2.79. The van der Waals surface area contributed by atoms with Crippen LogP contribution in [0.5, 0.6) is 0 Å². The van der Waals surface area contributed by atoms with Gasteiger partial charge in [0.25, 0.3) is 0 Å². The monoisotopic (exact) mass is 306 g/mol. The number of nitrogens with one attached hydrogen (secondary N) is 1. The average molecular weight is 307 g/mol. The first-order valence-electron chi connectivity index (χ1n) is 5.25. The van der Waals surface area contributed by atoms with Crippen LogP contribution >= 0.6 is 23.2 Å². The fourth-order valence-electron chi connectivity index (χ4n) is 1.24. The fraction of sp³-hybridized carbons (Fsp3) is 0.273. The van der Waals surface area contributed by atoms with Gasteiger partial charge in [-0.15, -0.1) is 0 Å². The largest absolute Gasteiger partial charge is 0.478 e. The molecular formula is C11H12Cl2N2O4. The zero-order valence-electron chi connectivity index (χ0n) is 9.78. The summed E-state index contributed by atoms with van der Waals surface area (Å²) in [6.45, 7) is 0.374. The van der Waals surface area contributed by atoms with Crippen LogP contribution in [-0.2, 0) is 9.53 Å². The summed E-state index contributed by atoms with van der Waals surface area (Å²) in [4.78, 5) is 22.3. The second-order valence-corrected chi connectivity index (χ2v) is 4.32. The topological polar surface area (TPSA) is 102 Å². The first kappa shape index (κ1) is 15.7. The summed E-state index contributed by atoms with van der Waals surface area (Å²) in [5.41, 5.74) is 5.29. The maximum Gasteiger partial charge on any atom is 0.335 e. The van der Waals surface area contributed by atoms with Gasteiger partial charge in [0.15, 0.2) is 0 Å². The van der Waals surface area contributed by atoms with Gasteiger partial charge in [-0.25, -0.2) is 4.79 Å². The summed E-state index contributed by atoms with van der Waals surface area (Å²) in [7, 11) is 0. The Hall–Kier alpha value is -1.34. The number of benzene rings is 1. The maximum absolute atomic E-state index is 11.5. The lowest BCUT2D eigenvalue weighted by Gasteiger charge is -2.10. The smallest absolute Gasteiger partial charge is 0.335 e. The highest BCUT2D eigenvalue weighted by Crippen LogP contribution is 2.31. The van der Waals surface area contributed by atoms with Crippen LogP contribution in [0.3, 0.4) is 0 Å². The molecule has 0 aromatic heterocycles. The van der Waals surface area contributed by atoms with E-state index in [0.29, 0.717) is 6.54 Å². The second-order valence-electron chi connectivity index (χ2n) is 3.51. The van der Waals surface area contributed by atoms with E-state index < -0.39 is 11.9 Å². The van der Waals surface area contributed by atoms with Crippen molar-refractivity contribution in [1.82, 2.24) is 0 Å². The van der Waals surface area contributed by atoms with E-state index >= 15 is 0 Å². The minimum atomic E-state index is -1.16. The summed E-state index contributed by atoms with van der Waals surface area (Å²) in [5, 5.41) is 11.3. The van der Waals surface area contributed by atoms with E-state index in [2.05, 4.69) is 5.32 Å². The normalized spacial score (nSPS) is 10.3. The third kappa shape index (κ3) is 4.68. The molecular weight excluding hydrogens is 295 g/mol. The van der Waals surface area contributed by atoms with Gasteiger partial charge in [-0.1, -0.05) is 23.2 Å². The van der Waals surface area contributed by atoms with E-state index in [4.69, 9.17) is 38.8 Å². The number of nitrogens with two attached hydrogens (primary N) is 1. The average Bonchev–Trinajstić information content (AvgIpc) is 2.33. The number of carbonyl (C=O) groups excluding carboxylic acids is 1.